The van der Waals surface area contributed by atoms with E-state index in [1.807, 2.05) is 6.08 Å². The molecule has 18 heteroatoms. The molecule has 13 nitrogen and oxygen atoms in total. The standard InChI is InChI=1S/C70H130O13Si5/c1-45-38-51-33-36-55-46(2)39-50(75-55)32-30-48(71)31-35-57(81-86(24,25)68(10,11)12)63-65(83-88(28,29)70(16,17)18)64(82-87(26,27)69(13,14)15)62-56(79-63)37-34-52(77-62)40-49(72)41-54-59(43-58(76-51)47(45)3)78-60(61(54)73-19)42-53(80-85(22,23)67(7,8)9)44-74-84(20,21)66(4,5)6/h31,35,45,50-65H,2-3,30,32-34,36-44H2,1,4-29H3/b35-31+/t45-,50?,51?,52-,53?,54?,55?,56+,57?,58?,59+,60?,61-,62+,63+,64?,65?/m1/s1. The molecule has 0 radical (unpaired) electrons. The second-order valence-corrected chi connectivity index (χ2v) is 59.4. The zero-order chi connectivity index (χ0) is 66.5. The number of carbonyl (C=O) groups is 2. The summed E-state index contributed by atoms with van der Waals surface area (Å²) in [6.45, 7) is 68.9. The summed E-state index contributed by atoms with van der Waals surface area (Å²) < 4.78 is 80.3. The van der Waals surface area contributed by atoms with Crippen LogP contribution >= 0.6 is 0 Å². The highest BCUT2D eigenvalue weighted by molar-refractivity contribution is 6.76. The van der Waals surface area contributed by atoms with E-state index in [0.29, 0.717) is 45.1 Å². The van der Waals surface area contributed by atoms with Gasteiger partial charge < -0.3 is 50.6 Å². The van der Waals surface area contributed by atoms with Crippen molar-refractivity contribution in [2.75, 3.05) is 13.7 Å². The van der Waals surface area contributed by atoms with Gasteiger partial charge in [0.05, 0.1) is 73.8 Å². The number of hydrogen-bond acceptors (Lipinski definition) is 13. The van der Waals surface area contributed by atoms with Gasteiger partial charge in [-0.25, -0.2) is 0 Å². The van der Waals surface area contributed by atoms with Gasteiger partial charge in [0.2, 0.25) is 0 Å². The van der Waals surface area contributed by atoms with Crippen LogP contribution in [0.2, 0.25) is 90.7 Å². The number of Topliss-reactive ketones (excluding diaryl/α,β-unsaturated/α-hetero) is 1. The average Bonchev–Trinajstić information content (AvgIpc) is 0.954. The molecule has 5 saturated heterocycles. The Hall–Kier alpha value is -0.796. The van der Waals surface area contributed by atoms with Crippen LogP contribution in [0.25, 0.3) is 0 Å². The van der Waals surface area contributed by atoms with Crippen molar-refractivity contribution < 1.29 is 60.1 Å². The smallest absolute Gasteiger partial charge is 0.193 e. The second-order valence-electron chi connectivity index (χ2n) is 35.5. The number of ether oxygens (including phenoxy) is 6. The van der Waals surface area contributed by atoms with Gasteiger partial charge in [-0.1, -0.05) is 130 Å². The van der Waals surface area contributed by atoms with E-state index in [2.05, 4.69) is 189 Å². The quantitative estimate of drug-likeness (QED) is 0.121. The molecule has 8 heterocycles. The van der Waals surface area contributed by atoms with E-state index in [1.54, 1.807) is 13.2 Å². The molecule has 5 fully saturated rings. The zero-order valence-corrected chi connectivity index (χ0v) is 65.9. The van der Waals surface area contributed by atoms with Gasteiger partial charge in [-0.2, -0.15) is 0 Å². The van der Waals surface area contributed by atoms with Crippen LogP contribution in [0.3, 0.4) is 0 Å². The van der Waals surface area contributed by atoms with Gasteiger partial charge in [0.15, 0.2) is 47.4 Å². The Kier molecular flexibility index (Phi) is 24.7. The molecule has 8 aliphatic heterocycles. The first-order valence-corrected chi connectivity index (χ1v) is 48.8. The molecule has 0 saturated carbocycles. The van der Waals surface area contributed by atoms with E-state index in [-0.39, 0.29) is 110 Å². The molecule has 8 bridgehead atoms. The first-order chi connectivity index (χ1) is 40.0. The molecule has 8 aliphatic rings. The van der Waals surface area contributed by atoms with E-state index < -0.39 is 84.3 Å². The summed E-state index contributed by atoms with van der Waals surface area (Å²) in [5.41, 5.74) is 2.13. The predicted molar refractivity (Wildman–Crippen MR) is 371 cm³/mol. The van der Waals surface area contributed by atoms with Gasteiger partial charge in [-0.05, 0) is 159 Å². The Balaban J connectivity index is 1.45. The largest absolute Gasteiger partial charge is 0.414 e. The summed E-state index contributed by atoms with van der Waals surface area (Å²) in [4.78, 5) is 29.7. The lowest BCUT2D eigenvalue weighted by Crippen LogP contribution is -2.69. The topological polar surface area (TPSA) is 136 Å². The van der Waals surface area contributed by atoms with Crippen LogP contribution in [0.5, 0.6) is 0 Å². The van der Waals surface area contributed by atoms with Crippen molar-refractivity contribution in [1.82, 2.24) is 0 Å². The predicted octanol–water partition coefficient (Wildman–Crippen LogP) is 17.2. The maximum absolute atomic E-state index is 15.4. The van der Waals surface area contributed by atoms with Gasteiger partial charge in [0.25, 0.3) is 0 Å². The van der Waals surface area contributed by atoms with Gasteiger partial charge in [0, 0.05) is 45.1 Å². The molecule has 0 aromatic heterocycles. The second kappa shape index (κ2) is 28.5. The minimum Gasteiger partial charge on any atom is -0.414 e. The molecule has 17 atom stereocenters. The minimum atomic E-state index is -2.60. The van der Waals surface area contributed by atoms with Crippen molar-refractivity contribution in [3.05, 3.63) is 36.5 Å². The summed E-state index contributed by atoms with van der Waals surface area (Å²) >= 11 is 0. The van der Waals surface area contributed by atoms with E-state index in [9.17, 15) is 4.79 Å². The SMILES string of the molecule is C=C1CC2CCC(=O)/C=C/C(O[Si](C)(C)C(C)(C)C)[C@@H]3O[C@H]4CC[C@H](CC(=O)CC5[C@@H](OC)C(CC(CO[Si](C)(C)C(C)(C)C)O[Si](C)(C)C(C)(C)C)O[C@H]5CC5OC(CCC1O2)C[C@@H](C)C5=C)O[C@@H]4C(O[Si](C)(C)C(C)(C)C)C3O[Si](C)(C)C(C)(C)C. The highest BCUT2D eigenvalue weighted by Crippen LogP contribution is 2.50. The monoisotopic (exact) mass is 1320 g/mol. The summed E-state index contributed by atoms with van der Waals surface area (Å²) in [5.74, 6) is 0.0629. The molecule has 10 unspecified atom stereocenters. The first kappa shape index (κ1) is 76.2. The fourth-order valence-corrected chi connectivity index (χ4v) is 18.7. The van der Waals surface area contributed by atoms with Crippen molar-refractivity contribution >= 4 is 53.2 Å². The summed E-state index contributed by atoms with van der Waals surface area (Å²) in [7, 11) is -10.4. The van der Waals surface area contributed by atoms with Crippen molar-refractivity contribution in [2.24, 2.45) is 11.8 Å². The molecule has 88 heavy (non-hydrogen) atoms. The number of rotatable bonds is 14. The average molecular weight is 1320 g/mol. The summed E-state index contributed by atoms with van der Waals surface area (Å²) in [5, 5.41) is -0.482. The van der Waals surface area contributed by atoms with Gasteiger partial charge in [-0.15, -0.1) is 0 Å². The molecule has 0 amide bonds. The van der Waals surface area contributed by atoms with Gasteiger partial charge in [-0.3, -0.25) is 9.59 Å². The fraction of sp³-hybridized carbons (Fsp3) is 0.886. The Morgan fingerprint density at radius 2 is 1.07 bits per heavy atom. The van der Waals surface area contributed by atoms with E-state index in [0.717, 1.165) is 36.8 Å². The number of carbonyl (C=O) groups excluding carboxylic acids is 2. The lowest BCUT2D eigenvalue weighted by molar-refractivity contribution is -0.266. The fourth-order valence-electron chi connectivity index (χ4n) is 12.4. The zero-order valence-electron chi connectivity index (χ0n) is 60.9. The Bertz CT molecular complexity index is 2410. The molecule has 0 N–H and O–H groups in total. The Morgan fingerprint density at radius 3 is 1.62 bits per heavy atom. The highest BCUT2D eigenvalue weighted by atomic mass is 28.4. The molecule has 0 aliphatic carbocycles. The normalized spacial score (nSPS) is 34.5. The molecule has 0 aromatic carbocycles. The van der Waals surface area contributed by atoms with Crippen LogP contribution in [0.1, 0.15) is 188 Å². The van der Waals surface area contributed by atoms with Crippen molar-refractivity contribution in [1.29, 1.82) is 0 Å². The van der Waals surface area contributed by atoms with Crippen molar-refractivity contribution in [3.8, 4) is 0 Å². The van der Waals surface area contributed by atoms with Crippen molar-refractivity contribution in [2.45, 2.75) is 370 Å². The molecule has 8 rings (SSSR count). The molecule has 0 aromatic rings. The number of methoxy groups -OCH3 is 1. The third-order valence-corrected chi connectivity index (χ3v) is 46.0. The lowest BCUT2D eigenvalue weighted by Gasteiger charge is -2.56. The van der Waals surface area contributed by atoms with Crippen LogP contribution < -0.4 is 0 Å². The van der Waals surface area contributed by atoms with E-state index >= 15 is 4.79 Å². The Morgan fingerprint density at radius 1 is 0.545 bits per heavy atom. The summed E-state index contributed by atoms with van der Waals surface area (Å²) in [6.07, 6.45) is 4.93. The molecular weight excluding hydrogens is 1190 g/mol. The number of ketones is 2. The highest BCUT2D eigenvalue weighted by Gasteiger charge is 2.59. The molecular formula is C70H130O13Si5. The third-order valence-electron chi connectivity index (χ3n) is 23.5. The molecule has 0 spiro atoms. The van der Waals surface area contributed by atoms with Gasteiger partial charge in [0.1, 0.15) is 30.2 Å². The van der Waals surface area contributed by atoms with Crippen LogP contribution in [-0.4, -0.2) is 158 Å². The van der Waals surface area contributed by atoms with Crippen LogP contribution in [-0.2, 0) is 60.1 Å². The number of fused-ring (bicyclic) bond motifs is 2. The van der Waals surface area contributed by atoms with Crippen LogP contribution in [0.15, 0.2) is 36.5 Å². The van der Waals surface area contributed by atoms with E-state index in [1.165, 1.54) is 0 Å². The third kappa shape index (κ3) is 18.6. The maximum atomic E-state index is 15.4. The van der Waals surface area contributed by atoms with E-state index in [4.69, 9.17) is 50.6 Å². The maximum Gasteiger partial charge on any atom is 0.193 e. The summed E-state index contributed by atoms with van der Waals surface area (Å²) in [6, 6.07) is 0. The first-order valence-electron chi connectivity index (χ1n) is 34.2. The van der Waals surface area contributed by atoms with Crippen LogP contribution in [0, 0.1) is 11.8 Å². The number of allylic oxidation sites excluding steroid dienone is 1. The van der Waals surface area contributed by atoms with Crippen LogP contribution in [0.4, 0.5) is 0 Å². The minimum absolute atomic E-state index is 0.0171. The van der Waals surface area contributed by atoms with Crippen molar-refractivity contribution in [3.63, 3.8) is 0 Å². The lowest BCUT2D eigenvalue weighted by atomic mass is 9.81. The Labute approximate surface area is 542 Å². The van der Waals surface area contributed by atoms with Gasteiger partial charge >= 0.3 is 0 Å². The number of hydrogen-bond donors (Lipinski definition) is 0. The molecule has 508 valence electrons.